The van der Waals surface area contributed by atoms with Gasteiger partial charge in [0.15, 0.2) is 0 Å². The Hall–Kier alpha value is -3.93. The Labute approximate surface area is 208 Å². The molecule has 0 aliphatic carbocycles. The Morgan fingerprint density at radius 2 is 1.97 bits per heavy atom. The van der Waals surface area contributed by atoms with Gasteiger partial charge in [0, 0.05) is 20.6 Å². The lowest BCUT2D eigenvalue weighted by atomic mass is 10.1. The maximum Gasteiger partial charge on any atom is 0.270 e. The van der Waals surface area contributed by atoms with Crippen LogP contribution in [0.15, 0.2) is 87.2 Å². The van der Waals surface area contributed by atoms with Gasteiger partial charge in [-0.2, -0.15) is 10.4 Å². The lowest BCUT2D eigenvalue weighted by molar-refractivity contribution is 0.306. The summed E-state index contributed by atoms with van der Waals surface area (Å²) in [5.74, 6) is 0.680. The number of nitrogens with one attached hydrogen (secondary N) is 2. The molecule has 168 valence electrons. The molecule has 9 heteroatoms. The second kappa shape index (κ2) is 10.8. The monoisotopic (exact) mass is 533 g/mol. The molecule has 0 radical (unpaired) electrons. The molecule has 34 heavy (non-hydrogen) atoms. The molecule has 4 rings (SSSR count). The van der Waals surface area contributed by atoms with Crippen LogP contribution in [-0.2, 0) is 6.61 Å². The molecule has 0 bridgehead atoms. The molecule has 0 fully saturated rings. The normalized spacial score (nSPS) is 10.7. The number of anilines is 1. The summed E-state index contributed by atoms with van der Waals surface area (Å²) in [5.41, 5.74) is 4.63. The van der Waals surface area contributed by atoms with Crippen LogP contribution in [0.1, 0.15) is 16.7 Å². The number of hydrogen-bond acceptors (Lipinski definition) is 6. The highest BCUT2D eigenvalue weighted by atomic mass is 79.9. The minimum Gasteiger partial charge on any atom is -0.488 e. The summed E-state index contributed by atoms with van der Waals surface area (Å²) in [4.78, 5) is 19.3. The predicted octanol–water partition coefficient (Wildman–Crippen LogP) is 5.75. The molecule has 1 heterocycles. The van der Waals surface area contributed by atoms with Crippen molar-refractivity contribution >= 4 is 39.7 Å². The van der Waals surface area contributed by atoms with Gasteiger partial charge in [0.25, 0.3) is 5.56 Å². The molecule has 0 unspecified atom stereocenters. The highest BCUT2D eigenvalue weighted by molar-refractivity contribution is 9.10. The zero-order valence-corrected chi connectivity index (χ0v) is 20.0. The van der Waals surface area contributed by atoms with Crippen LogP contribution in [0.5, 0.6) is 5.75 Å². The second-order valence-corrected chi connectivity index (χ2v) is 8.44. The third kappa shape index (κ3) is 5.70. The van der Waals surface area contributed by atoms with Crippen molar-refractivity contribution < 1.29 is 4.74 Å². The average molecular weight is 535 g/mol. The van der Waals surface area contributed by atoms with Crippen molar-refractivity contribution in [2.45, 2.75) is 6.61 Å². The Balaban J connectivity index is 1.56. The standard InChI is InChI=1S/C25H17BrClN5O2/c26-19-8-4-5-16(11-19)15-34-22-10-9-20(27)12-18(22)14-29-32-25-30-23(17-6-2-1-3-7-17)21(13-28)24(33)31-25/h1-12,14H,15H2,(H2,30,31,32,33). The Morgan fingerprint density at radius 1 is 1.15 bits per heavy atom. The zero-order chi connectivity index (χ0) is 23.9. The minimum absolute atomic E-state index is 0.0706. The van der Waals surface area contributed by atoms with Crippen LogP contribution in [0, 0.1) is 11.3 Å². The summed E-state index contributed by atoms with van der Waals surface area (Å²) in [6.45, 7) is 0.361. The van der Waals surface area contributed by atoms with E-state index in [0.717, 1.165) is 10.0 Å². The first-order chi connectivity index (χ1) is 16.5. The molecule has 0 saturated heterocycles. The summed E-state index contributed by atoms with van der Waals surface area (Å²) in [6.07, 6.45) is 1.52. The number of aromatic amines is 1. The first-order valence-electron chi connectivity index (χ1n) is 10.1. The van der Waals surface area contributed by atoms with E-state index < -0.39 is 5.56 Å². The van der Waals surface area contributed by atoms with Crippen molar-refractivity contribution in [1.29, 1.82) is 5.26 Å². The van der Waals surface area contributed by atoms with E-state index in [-0.39, 0.29) is 17.2 Å². The first kappa shape index (κ1) is 23.2. The summed E-state index contributed by atoms with van der Waals surface area (Å²) < 4.78 is 6.92. The smallest absolute Gasteiger partial charge is 0.270 e. The number of H-pyrrole nitrogens is 1. The van der Waals surface area contributed by atoms with E-state index in [0.29, 0.717) is 28.5 Å². The van der Waals surface area contributed by atoms with E-state index >= 15 is 0 Å². The fourth-order valence-corrected chi connectivity index (χ4v) is 3.76. The highest BCUT2D eigenvalue weighted by Crippen LogP contribution is 2.23. The minimum atomic E-state index is -0.560. The quantitative estimate of drug-likeness (QED) is 0.232. The lowest BCUT2D eigenvalue weighted by Gasteiger charge is -2.10. The van der Waals surface area contributed by atoms with Crippen LogP contribution in [-0.4, -0.2) is 16.2 Å². The van der Waals surface area contributed by atoms with Gasteiger partial charge in [0.05, 0.1) is 11.9 Å². The molecule has 0 aliphatic heterocycles. The molecule has 2 N–H and O–H groups in total. The fourth-order valence-electron chi connectivity index (χ4n) is 3.14. The molecule has 4 aromatic rings. The first-order valence-corrected chi connectivity index (χ1v) is 11.3. The maximum absolute atomic E-state index is 12.4. The zero-order valence-electron chi connectivity index (χ0n) is 17.6. The molecule has 0 aliphatic rings. The largest absolute Gasteiger partial charge is 0.488 e. The van der Waals surface area contributed by atoms with E-state index in [9.17, 15) is 10.1 Å². The van der Waals surface area contributed by atoms with E-state index in [1.165, 1.54) is 6.21 Å². The molecule has 7 nitrogen and oxygen atoms in total. The number of nitrogens with zero attached hydrogens (tertiary/aromatic N) is 3. The van der Waals surface area contributed by atoms with Gasteiger partial charge in [-0.15, -0.1) is 0 Å². The summed E-state index contributed by atoms with van der Waals surface area (Å²) in [6, 6.07) is 23.9. The Kier molecular flexibility index (Phi) is 7.38. The van der Waals surface area contributed by atoms with Gasteiger partial charge < -0.3 is 4.74 Å². The third-order valence-electron chi connectivity index (χ3n) is 4.71. The number of halogens is 2. The van der Waals surface area contributed by atoms with Crippen LogP contribution >= 0.6 is 27.5 Å². The Morgan fingerprint density at radius 3 is 2.74 bits per heavy atom. The summed E-state index contributed by atoms with van der Waals surface area (Å²) >= 11 is 9.61. The van der Waals surface area contributed by atoms with E-state index in [1.54, 1.807) is 42.5 Å². The molecule has 0 atom stereocenters. The van der Waals surface area contributed by atoms with Crippen molar-refractivity contribution in [2.24, 2.45) is 5.10 Å². The SMILES string of the molecule is N#Cc1c(-c2ccccc2)nc(NN=Cc2cc(Cl)ccc2OCc2cccc(Br)c2)[nH]c1=O. The number of benzene rings is 3. The molecular weight excluding hydrogens is 518 g/mol. The van der Waals surface area contributed by atoms with E-state index in [4.69, 9.17) is 16.3 Å². The van der Waals surface area contributed by atoms with Gasteiger partial charge in [-0.1, -0.05) is 70.0 Å². The van der Waals surface area contributed by atoms with E-state index in [2.05, 4.69) is 36.4 Å². The van der Waals surface area contributed by atoms with Crippen molar-refractivity contribution in [1.82, 2.24) is 9.97 Å². The molecule has 3 aromatic carbocycles. The number of aromatic nitrogens is 2. The third-order valence-corrected chi connectivity index (χ3v) is 5.44. The van der Waals surface area contributed by atoms with E-state index in [1.807, 2.05) is 36.4 Å². The average Bonchev–Trinajstić information content (AvgIpc) is 2.84. The molecule has 0 amide bonds. The van der Waals surface area contributed by atoms with Crippen LogP contribution in [0.2, 0.25) is 5.02 Å². The number of nitriles is 1. The second-order valence-electron chi connectivity index (χ2n) is 7.09. The van der Waals surface area contributed by atoms with Crippen molar-refractivity contribution in [2.75, 3.05) is 5.43 Å². The summed E-state index contributed by atoms with van der Waals surface area (Å²) in [5, 5.41) is 14.1. The van der Waals surface area contributed by atoms with Crippen LogP contribution in [0.25, 0.3) is 11.3 Å². The summed E-state index contributed by atoms with van der Waals surface area (Å²) in [7, 11) is 0. The van der Waals surface area contributed by atoms with Gasteiger partial charge >= 0.3 is 0 Å². The number of rotatable bonds is 7. The molecule has 0 saturated carbocycles. The highest BCUT2D eigenvalue weighted by Gasteiger charge is 2.13. The molecule has 1 aromatic heterocycles. The van der Waals surface area contributed by atoms with Crippen molar-refractivity contribution in [3.8, 4) is 23.1 Å². The number of hydrazone groups is 1. The number of ether oxygens (including phenoxy) is 1. The van der Waals surface area contributed by atoms with Crippen LogP contribution in [0.4, 0.5) is 5.95 Å². The Bertz CT molecular complexity index is 1450. The van der Waals surface area contributed by atoms with Gasteiger partial charge in [0.1, 0.15) is 24.0 Å². The van der Waals surface area contributed by atoms with Crippen molar-refractivity contribution in [3.63, 3.8) is 0 Å². The number of hydrogen-bond donors (Lipinski definition) is 2. The topological polar surface area (TPSA) is 103 Å². The van der Waals surface area contributed by atoms with Gasteiger partial charge in [-0.25, -0.2) is 10.4 Å². The molecular formula is C25H17BrClN5O2. The van der Waals surface area contributed by atoms with Crippen LogP contribution in [0.3, 0.4) is 0 Å². The van der Waals surface area contributed by atoms with Crippen LogP contribution < -0.4 is 15.7 Å². The van der Waals surface area contributed by atoms with Gasteiger partial charge in [0.2, 0.25) is 5.95 Å². The van der Waals surface area contributed by atoms with Crippen molar-refractivity contribution in [3.05, 3.63) is 109 Å². The van der Waals surface area contributed by atoms with Gasteiger partial charge in [-0.3, -0.25) is 9.78 Å². The predicted molar refractivity (Wildman–Crippen MR) is 136 cm³/mol. The lowest BCUT2D eigenvalue weighted by Crippen LogP contribution is -2.16. The van der Waals surface area contributed by atoms with Gasteiger partial charge in [-0.05, 0) is 35.9 Å². The molecule has 0 spiro atoms. The maximum atomic E-state index is 12.4. The fraction of sp³-hybridized carbons (Fsp3) is 0.0400.